The number of ether oxygens (including phenoxy) is 1. The van der Waals surface area contributed by atoms with Crippen molar-refractivity contribution < 1.29 is 9.13 Å². The zero-order valence-electron chi connectivity index (χ0n) is 10.3. The molecule has 1 aromatic carbocycles. The lowest BCUT2D eigenvalue weighted by molar-refractivity contribution is 0.385. The van der Waals surface area contributed by atoms with Gasteiger partial charge in [-0.25, -0.2) is 4.39 Å². The second-order valence-corrected chi connectivity index (χ2v) is 4.11. The SMILES string of the molecule is C=C(C)CCC(NN)c1ccc(OC)c(F)c1. The molecule has 0 aliphatic rings. The van der Waals surface area contributed by atoms with E-state index in [1.807, 2.05) is 13.0 Å². The Morgan fingerprint density at radius 3 is 2.76 bits per heavy atom. The molecule has 0 radical (unpaired) electrons. The molecule has 1 aromatic rings. The van der Waals surface area contributed by atoms with Crippen molar-refractivity contribution in [2.45, 2.75) is 25.8 Å². The summed E-state index contributed by atoms with van der Waals surface area (Å²) < 4.78 is 18.4. The van der Waals surface area contributed by atoms with Crippen LogP contribution in [0.1, 0.15) is 31.4 Å². The average Bonchev–Trinajstić information content (AvgIpc) is 2.29. The van der Waals surface area contributed by atoms with Crippen molar-refractivity contribution in [2.75, 3.05) is 7.11 Å². The number of benzene rings is 1. The van der Waals surface area contributed by atoms with Gasteiger partial charge in [-0.05, 0) is 37.5 Å². The number of hydrogen-bond donors (Lipinski definition) is 2. The van der Waals surface area contributed by atoms with E-state index in [9.17, 15) is 4.39 Å². The smallest absolute Gasteiger partial charge is 0.165 e. The van der Waals surface area contributed by atoms with Crippen LogP contribution in [0.2, 0.25) is 0 Å². The van der Waals surface area contributed by atoms with Crippen molar-refractivity contribution in [3.8, 4) is 5.75 Å². The highest BCUT2D eigenvalue weighted by Crippen LogP contribution is 2.24. The lowest BCUT2D eigenvalue weighted by Gasteiger charge is -2.17. The van der Waals surface area contributed by atoms with Gasteiger partial charge >= 0.3 is 0 Å². The summed E-state index contributed by atoms with van der Waals surface area (Å²) in [5.74, 6) is 5.34. The van der Waals surface area contributed by atoms with Crippen LogP contribution >= 0.6 is 0 Å². The number of methoxy groups -OCH3 is 1. The first-order chi connectivity index (χ1) is 8.08. The van der Waals surface area contributed by atoms with Crippen LogP contribution in [0.25, 0.3) is 0 Å². The average molecular weight is 238 g/mol. The second kappa shape index (κ2) is 6.37. The van der Waals surface area contributed by atoms with Gasteiger partial charge in [-0.15, -0.1) is 6.58 Å². The third-order valence-electron chi connectivity index (χ3n) is 2.64. The summed E-state index contributed by atoms with van der Waals surface area (Å²) in [4.78, 5) is 0. The summed E-state index contributed by atoms with van der Waals surface area (Å²) in [6.07, 6.45) is 1.64. The Bertz CT molecular complexity index is 393. The highest BCUT2D eigenvalue weighted by molar-refractivity contribution is 5.31. The molecule has 0 heterocycles. The molecule has 1 rings (SSSR count). The van der Waals surface area contributed by atoms with Gasteiger partial charge in [0.2, 0.25) is 0 Å². The van der Waals surface area contributed by atoms with E-state index in [1.54, 1.807) is 6.07 Å². The Hall–Kier alpha value is -1.39. The first kappa shape index (κ1) is 13.7. The Morgan fingerprint density at radius 1 is 1.59 bits per heavy atom. The molecule has 17 heavy (non-hydrogen) atoms. The number of nitrogens with one attached hydrogen (secondary N) is 1. The van der Waals surface area contributed by atoms with Crippen molar-refractivity contribution in [3.05, 3.63) is 41.7 Å². The number of nitrogens with two attached hydrogens (primary N) is 1. The largest absolute Gasteiger partial charge is 0.494 e. The quantitative estimate of drug-likeness (QED) is 0.455. The summed E-state index contributed by atoms with van der Waals surface area (Å²) in [5.41, 5.74) is 4.58. The first-order valence-electron chi connectivity index (χ1n) is 5.52. The molecule has 1 atom stereocenters. The van der Waals surface area contributed by atoms with Crippen LogP contribution in [0, 0.1) is 5.82 Å². The predicted octanol–water partition coefficient (Wildman–Crippen LogP) is 2.70. The third-order valence-corrected chi connectivity index (χ3v) is 2.64. The molecule has 3 N–H and O–H groups in total. The van der Waals surface area contributed by atoms with Crippen molar-refractivity contribution in [3.63, 3.8) is 0 Å². The highest BCUT2D eigenvalue weighted by atomic mass is 19.1. The second-order valence-electron chi connectivity index (χ2n) is 4.11. The lowest BCUT2D eigenvalue weighted by atomic mass is 10.0. The molecule has 4 heteroatoms. The molecule has 0 aliphatic carbocycles. The molecule has 94 valence electrons. The monoisotopic (exact) mass is 238 g/mol. The van der Waals surface area contributed by atoms with Crippen LogP contribution in [-0.4, -0.2) is 7.11 Å². The fourth-order valence-corrected chi connectivity index (χ4v) is 1.64. The minimum absolute atomic E-state index is 0.0768. The van der Waals surface area contributed by atoms with E-state index in [2.05, 4.69) is 12.0 Å². The first-order valence-corrected chi connectivity index (χ1v) is 5.52. The van der Waals surface area contributed by atoms with Gasteiger partial charge in [-0.1, -0.05) is 11.6 Å². The van der Waals surface area contributed by atoms with Crippen molar-refractivity contribution in [1.29, 1.82) is 0 Å². The van der Waals surface area contributed by atoms with Gasteiger partial charge in [-0.3, -0.25) is 11.3 Å². The van der Waals surface area contributed by atoms with Crippen molar-refractivity contribution in [1.82, 2.24) is 5.43 Å². The Labute approximate surface area is 101 Å². The number of halogens is 1. The zero-order valence-corrected chi connectivity index (χ0v) is 10.3. The number of hydrazine groups is 1. The number of rotatable bonds is 6. The van der Waals surface area contributed by atoms with E-state index in [4.69, 9.17) is 10.6 Å². The number of allylic oxidation sites excluding steroid dienone is 1. The molecular weight excluding hydrogens is 219 g/mol. The molecule has 0 aromatic heterocycles. The summed E-state index contributed by atoms with van der Waals surface area (Å²) >= 11 is 0. The van der Waals surface area contributed by atoms with Crippen LogP contribution in [0.5, 0.6) is 5.75 Å². The minimum Gasteiger partial charge on any atom is -0.494 e. The van der Waals surface area contributed by atoms with Gasteiger partial charge in [-0.2, -0.15) is 0 Å². The van der Waals surface area contributed by atoms with Crippen LogP contribution in [0.4, 0.5) is 4.39 Å². The van der Waals surface area contributed by atoms with Crippen LogP contribution in [0.15, 0.2) is 30.4 Å². The van der Waals surface area contributed by atoms with E-state index in [0.717, 1.165) is 24.0 Å². The van der Waals surface area contributed by atoms with Gasteiger partial charge in [0.05, 0.1) is 7.11 Å². The standard InChI is InChI=1S/C13H19FN2O/c1-9(2)4-6-12(16-15)10-5-7-13(17-3)11(14)8-10/h5,7-8,12,16H,1,4,6,15H2,2-3H3. The van der Waals surface area contributed by atoms with Gasteiger partial charge < -0.3 is 4.74 Å². The Morgan fingerprint density at radius 2 is 2.29 bits per heavy atom. The molecule has 0 amide bonds. The summed E-state index contributed by atoms with van der Waals surface area (Å²) in [7, 11) is 1.44. The molecule has 1 unspecified atom stereocenters. The summed E-state index contributed by atoms with van der Waals surface area (Å²) in [6.45, 7) is 5.80. The molecule has 0 spiro atoms. The highest BCUT2D eigenvalue weighted by Gasteiger charge is 2.12. The molecule has 3 nitrogen and oxygen atoms in total. The predicted molar refractivity (Wildman–Crippen MR) is 67.1 cm³/mol. The van der Waals surface area contributed by atoms with Crippen LogP contribution in [0.3, 0.4) is 0 Å². The summed E-state index contributed by atoms with van der Waals surface area (Å²) in [5, 5.41) is 0. The van der Waals surface area contributed by atoms with E-state index in [0.29, 0.717) is 0 Å². The Balaban J connectivity index is 2.81. The normalized spacial score (nSPS) is 12.2. The fraction of sp³-hybridized carbons (Fsp3) is 0.385. The van der Waals surface area contributed by atoms with Crippen LogP contribution < -0.4 is 16.0 Å². The van der Waals surface area contributed by atoms with E-state index in [-0.39, 0.29) is 17.6 Å². The van der Waals surface area contributed by atoms with Crippen LogP contribution in [-0.2, 0) is 0 Å². The molecule has 0 saturated carbocycles. The number of hydrogen-bond acceptors (Lipinski definition) is 3. The third kappa shape index (κ3) is 3.84. The van der Waals surface area contributed by atoms with Gasteiger partial charge in [0, 0.05) is 6.04 Å². The summed E-state index contributed by atoms with van der Waals surface area (Å²) in [6, 6.07) is 4.79. The maximum Gasteiger partial charge on any atom is 0.165 e. The van der Waals surface area contributed by atoms with Crippen molar-refractivity contribution >= 4 is 0 Å². The maximum absolute atomic E-state index is 13.5. The van der Waals surface area contributed by atoms with Gasteiger partial charge in [0.15, 0.2) is 11.6 Å². The topological polar surface area (TPSA) is 47.3 Å². The Kier molecular flexibility index (Phi) is 5.12. The van der Waals surface area contributed by atoms with Gasteiger partial charge in [0.25, 0.3) is 0 Å². The van der Waals surface area contributed by atoms with E-state index >= 15 is 0 Å². The van der Waals surface area contributed by atoms with E-state index < -0.39 is 0 Å². The fourth-order valence-electron chi connectivity index (χ4n) is 1.64. The molecule has 0 bridgehead atoms. The molecule has 0 saturated heterocycles. The zero-order chi connectivity index (χ0) is 12.8. The van der Waals surface area contributed by atoms with E-state index in [1.165, 1.54) is 13.2 Å². The molecule has 0 aliphatic heterocycles. The van der Waals surface area contributed by atoms with Crippen molar-refractivity contribution in [2.24, 2.45) is 5.84 Å². The van der Waals surface area contributed by atoms with Gasteiger partial charge in [0.1, 0.15) is 0 Å². The minimum atomic E-state index is -0.374. The molecule has 0 fully saturated rings. The maximum atomic E-state index is 13.5. The molecular formula is C13H19FN2O. The lowest BCUT2D eigenvalue weighted by Crippen LogP contribution is -2.28.